The van der Waals surface area contributed by atoms with Gasteiger partial charge in [0.2, 0.25) is 12.9 Å². The minimum atomic E-state index is -0.681. The number of hydrogen-bond acceptors (Lipinski definition) is 4. The van der Waals surface area contributed by atoms with Crippen molar-refractivity contribution in [2.24, 2.45) is 0 Å². The van der Waals surface area contributed by atoms with Gasteiger partial charge in [-0.15, -0.1) is 0 Å². The number of benzene rings is 2. The lowest BCUT2D eigenvalue weighted by molar-refractivity contribution is -0.123. The van der Waals surface area contributed by atoms with Crippen molar-refractivity contribution in [3.8, 4) is 17.2 Å². The fourth-order valence-corrected chi connectivity index (χ4v) is 2.35. The largest absolute Gasteiger partial charge is 0.474 e. The molecule has 0 saturated heterocycles. The first-order chi connectivity index (χ1) is 9.81. The zero-order chi connectivity index (χ0) is 13.5. The molecular formula is C15H11NO4. The molecule has 1 amide bonds. The van der Waals surface area contributed by atoms with E-state index in [0.29, 0.717) is 22.9 Å². The molecule has 1 atom stereocenters. The van der Waals surface area contributed by atoms with Gasteiger partial charge in [0, 0.05) is 5.56 Å². The lowest BCUT2D eigenvalue weighted by Gasteiger charge is -2.26. The summed E-state index contributed by atoms with van der Waals surface area (Å²) < 4.78 is 16.4. The fraction of sp³-hybridized carbons (Fsp3) is 0.133. The van der Waals surface area contributed by atoms with E-state index in [0.717, 1.165) is 5.56 Å². The number of hydrogen-bond donors (Lipinski definition) is 1. The molecule has 1 N–H and O–H groups in total. The molecule has 0 radical (unpaired) electrons. The molecule has 100 valence electrons. The molecule has 0 aliphatic carbocycles. The van der Waals surface area contributed by atoms with Crippen molar-refractivity contribution in [1.82, 2.24) is 0 Å². The van der Waals surface area contributed by atoms with Crippen LogP contribution < -0.4 is 19.5 Å². The smallest absolute Gasteiger partial charge is 0.270 e. The Hall–Kier alpha value is -2.69. The number of anilines is 1. The van der Waals surface area contributed by atoms with Crippen LogP contribution in [0.25, 0.3) is 0 Å². The number of rotatable bonds is 1. The number of carbonyl (C=O) groups excluding carboxylic acids is 1. The topological polar surface area (TPSA) is 56.8 Å². The van der Waals surface area contributed by atoms with E-state index in [4.69, 9.17) is 14.2 Å². The second-order valence-corrected chi connectivity index (χ2v) is 4.60. The maximum atomic E-state index is 12.1. The molecule has 2 aliphatic heterocycles. The molecule has 2 aromatic carbocycles. The van der Waals surface area contributed by atoms with Gasteiger partial charge in [0.25, 0.3) is 5.91 Å². The van der Waals surface area contributed by atoms with Gasteiger partial charge in [-0.05, 0) is 24.3 Å². The predicted molar refractivity (Wildman–Crippen MR) is 71.0 cm³/mol. The van der Waals surface area contributed by atoms with E-state index < -0.39 is 6.10 Å². The summed E-state index contributed by atoms with van der Waals surface area (Å²) in [4.78, 5) is 12.1. The summed E-state index contributed by atoms with van der Waals surface area (Å²) in [6.07, 6.45) is -0.681. The highest BCUT2D eigenvalue weighted by Crippen LogP contribution is 2.38. The summed E-state index contributed by atoms with van der Waals surface area (Å²) in [5.41, 5.74) is 1.43. The molecule has 2 heterocycles. The third kappa shape index (κ3) is 1.67. The number of ether oxygens (including phenoxy) is 3. The number of fused-ring (bicyclic) bond motifs is 2. The quantitative estimate of drug-likeness (QED) is 0.864. The summed E-state index contributed by atoms with van der Waals surface area (Å²) >= 11 is 0. The van der Waals surface area contributed by atoms with Gasteiger partial charge in [-0.2, -0.15) is 0 Å². The van der Waals surface area contributed by atoms with E-state index in [9.17, 15) is 4.79 Å². The van der Waals surface area contributed by atoms with Gasteiger partial charge in [0.05, 0.1) is 5.69 Å². The molecule has 2 aliphatic rings. The van der Waals surface area contributed by atoms with Crippen LogP contribution in [-0.4, -0.2) is 12.7 Å². The van der Waals surface area contributed by atoms with Crippen LogP contribution in [0.3, 0.4) is 0 Å². The van der Waals surface area contributed by atoms with Crippen LogP contribution in [0.2, 0.25) is 0 Å². The molecule has 0 bridgehead atoms. The van der Waals surface area contributed by atoms with Crippen molar-refractivity contribution in [2.45, 2.75) is 6.10 Å². The SMILES string of the molecule is O=C1Nc2ccccc2OC1c1ccc2c(c1)OCO2. The Bertz CT molecular complexity index is 698. The van der Waals surface area contributed by atoms with Crippen LogP contribution in [0, 0.1) is 0 Å². The van der Waals surface area contributed by atoms with Crippen molar-refractivity contribution in [2.75, 3.05) is 12.1 Å². The molecular weight excluding hydrogens is 258 g/mol. The highest BCUT2D eigenvalue weighted by atomic mass is 16.7. The molecule has 2 aromatic rings. The lowest BCUT2D eigenvalue weighted by atomic mass is 10.1. The van der Waals surface area contributed by atoms with Crippen LogP contribution in [0.15, 0.2) is 42.5 Å². The van der Waals surface area contributed by atoms with Crippen molar-refractivity contribution in [3.05, 3.63) is 48.0 Å². The molecule has 4 rings (SSSR count). The van der Waals surface area contributed by atoms with E-state index >= 15 is 0 Å². The Morgan fingerprint density at radius 3 is 2.80 bits per heavy atom. The average Bonchev–Trinajstić information content (AvgIpc) is 2.94. The number of amides is 1. The average molecular weight is 269 g/mol. The maximum absolute atomic E-state index is 12.1. The number of carbonyl (C=O) groups is 1. The third-order valence-electron chi connectivity index (χ3n) is 3.33. The Morgan fingerprint density at radius 2 is 1.85 bits per heavy atom. The van der Waals surface area contributed by atoms with E-state index in [1.807, 2.05) is 30.3 Å². The highest BCUT2D eigenvalue weighted by molar-refractivity contribution is 5.98. The summed E-state index contributed by atoms with van der Waals surface area (Å²) in [7, 11) is 0. The fourth-order valence-electron chi connectivity index (χ4n) is 2.35. The zero-order valence-corrected chi connectivity index (χ0v) is 10.5. The van der Waals surface area contributed by atoms with Crippen molar-refractivity contribution in [3.63, 3.8) is 0 Å². The standard InChI is InChI=1S/C15H11NO4/c17-15-14(20-11-4-2-1-3-10(11)16-15)9-5-6-12-13(7-9)19-8-18-12/h1-7,14H,8H2,(H,16,17). The molecule has 1 unspecified atom stereocenters. The van der Waals surface area contributed by atoms with Crippen molar-refractivity contribution in [1.29, 1.82) is 0 Å². The summed E-state index contributed by atoms with van der Waals surface area (Å²) in [6, 6.07) is 12.7. The number of nitrogens with one attached hydrogen (secondary N) is 1. The second-order valence-electron chi connectivity index (χ2n) is 4.60. The van der Waals surface area contributed by atoms with Crippen LogP contribution in [0.5, 0.6) is 17.2 Å². The van der Waals surface area contributed by atoms with Gasteiger partial charge >= 0.3 is 0 Å². The minimum absolute atomic E-state index is 0.192. The van der Waals surface area contributed by atoms with Crippen LogP contribution in [0.4, 0.5) is 5.69 Å². The molecule has 5 heteroatoms. The highest BCUT2D eigenvalue weighted by Gasteiger charge is 2.30. The zero-order valence-electron chi connectivity index (χ0n) is 10.5. The minimum Gasteiger partial charge on any atom is -0.474 e. The Labute approximate surface area is 115 Å². The molecule has 0 fully saturated rings. The van der Waals surface area contributed by atoms with E-state index in [1.165, 1.54) is 0 Å². The first-order valence-electron chi connectivity index (χ1n) is 6.27. The molecule has 0 aromatic heterocycles. The monoisotopic (exact) mass is 269 g/mol. The Morgan fingerprint density at radius 1 is 1.00 bits per heavy atom. The number of para-hydroxylation sites is 2. The van der Waals surface area contributed by atoms with Crippen molar-refractivity contribution >= 4 is 11.6 Å². The molecule has 0 spiro atoms. The molecule has 0 saturated carbocycles. The van der Waals surface area contributed by atoms with Crippen LogP contribution in [0.1, 0.15) is 11.7 Å². The summed E-state index contributed by atoms with van der Waals surface area (Å²) in [5.74, 6) is 1.79. The van der Waals surface area contributed by atoms with Crippen LogP contribution in [-0.2, 0) is 4.79 Å². The van der Waals surface area contributed by atoms with E-state index in [1.54, 1.807) is 12.1 Å². The van der Waals surface area contributed by atoms with Gasteiger partial charge < -0.3 is 19.5 Å². The van der Waals surface area contributed by atoms with Gasteiger partial charge in [-0.3, -0.25) is 4.79 Å². The first kappa shape index (κ1) is 11.2. The third-order valence-corrected chi connectivity index (χ3v) is 3.33. The van der Waals surface area contributed by atoms with Crippen molar-refractivity contribution < 1.29 is 19.0 Å². The second kappa shape index (κ2) is 4.16. The van der Waals surface area contributed by atoms with E-state index in [2.05, 4.69) is 5.32 Å². The lowest BCUT2D eigenvalue weighted by Crippen LogP contribution is -2.29. The summed E-state index contributed by atoms with van der Waals surface area (Å²) in [6.45, 7) is 0.208. The van der Waals surface area contributed by atoms with Gasteiger partial charge in [-0.25, -0.2) is 0 Å². The van der Waals surface area contributed by atoms with Crippen LogP contribution >= 0.6 is 0 Å². The Balaban J connectivity index is 1.71. The molecule has 20 heavy (non-hydrogen) atoms. The summed E-state index contributed by atoms with van der Waals surface area (Å²) in [5, 5.41) is 2.84. The normalized spacial score (nSPS) is 19.0. The predicted octanol–water partition coefficient (Wildman–Crippen LogP) is 2.49. The Kier molecular flexibility index (Phi) is 2.32. The van der Waals surface area contributed by atoms with E-state index in [-0.39, 0.29) is 12.7 Å². The first-order valence-corrected chi connectivity index (χ1v) is 6.27. The maximum Gasteiger partial charge on any atom is 0.270 e. The van der Waals surface area contributed by atoms with Gasteiger partial charge in [0.1, 0.15) is 5.75 Å². The van der Waals surface area contributed by atoms with Gasteiger partial charge in [-0.1, -0.05) is 18.2 Å². The van der Waals surface area contributed by atoms with Gasteiger partial charge in [0.15, 0.2) is 11.5 Å². The molecule has 5 nitrogen and oxygen atoms in total.